The predicted molar refractivity (Wildman–Crippen MR) is 108 cm³/mol. The molecule has 0 radical (unpaired) electrons. The van der Waals surface area contributed by atoms with Crippen LogP contribution in [0.5, 0.6) is 0 Å². The first-order valence-electron chi connectivity index (χ1n) is 10.8. The lowest BCUT2D eigenvalue weighted by Gasteiger charge is -2.38. The van der Waals surface area contributed by atoms with Crippen LogP contribution in [0.4, 0.5) is 0 Å². The van der Waals surface area contributed by atoms with E-state index in [-0.39, 0.29) is 6.04 Å². The molecule has 4 nitrogen and oxygen atoms in total. The highest BCUT2D eigenvalue weighted by molar-refractivity contribution is 4.76. The van der Waals surface area contributed by atoms with E-state index >= 15 is 0 Å². The summed E-state index contributed by atoms with van der Waals surface area (Å²) in [5.41, 5.74) is 0. The van der Waals surface area contributed by atoms with Crippen molar-refractivity contribution in [2.24, 2.45) is 0 Å². The molecule has 0 aromatic heterocycles. The van der Waals surface area contributed by atoms with Crippen molar-refractivity contribution in [3.63, 3.8) is 0 Å². The number of hydrogen-bond donors (Lipinski definition) is 2. The second-order valence-corrected chi connectivity index (χ2v) is 7.85. The van der Waals surface area contributed by atoms with Gasteiger partial charge in [-0.1, -0.05) is 77.6 Å². The van der Waals surface area contributed by atoms with E-state index in [0.717, 1.165) is 17.9 Å². The van der Waals surface area contributed by atoms with Crippen LogP contribution >= 0.6 is 0 Å². The largest absolute Gasteiger partial charge is 0.785 e. The molecule has 0 rings (SSSR count). The first-order valence-corrected chi connectivity index (χ1v) is 10.8. The lowest BCUT2D eigenvalue weighted by molar-refractivity contribution is 0.0939. The van der Waals surface area contributed by atoms with Gasteiger partial charge in [-0.05, 0) is 39.7 Å². The van der Waals surface area contributed by atoms with Crippen molar-refractivity contribution >= 4 is 0 Å². The van der Waals surface area contributed by atoms with Crippen molar-refractivity contribution < 1.29 is 10.2 Å². The molecule has 0 aliphatic carbocycles. The zero-order valence-electron chi connectivity index (χ0n) is 17.1. The second kappa shape index (κ2) is 17.3. The summed E-state index contributed by atoms with van der Waals surface area (Å²) in [7, 11) is 0. The molecule has 2 unspecified atom stereocenters. The Morgan fingerprint density at radius 2 is 1.04 bits per heavy atom. The number of nitrogens with zero attached hydrogens (tertiary/aromatic N) is 1. The maximum atomic E-state index is 12.2. The molecule has 0 saturated carbocycles. The predicted octanol–water partition coefficient (Wildman–Crippen LogP) is 5.40. The van der Waals surface area contributed by atoms with Crippen LogP contribution in [0, 0.1) is 5.21 Å². The number of aliphatic hydroxyl groups excluding tert-OH is 2. The Morgan fingerprint density at radius 1 is 0.680 bits per heavy atom. The third-order valence-electron chi connectivity index (χ3n) is 4.87. The van der Waals surface area contributed by atoms with Gasteiger partial charge >= 0.3 is 0 Å². The molecule has 0 fully saturated rings. The maximum Gasteiger partial charge on any atom is 0.0526 e. The van der Waals surface area contributed by atoms with Gasteiger partial charge in [-0.3, -0.25) is 0 Å². The molecule has 0 spiro atoms. The van der Waals surface area contributed by atoms with E-state index in [1.54, 1.807) is 13.8 Å². The quantitative estimate of drug-likeness (QED) is 0.254. The molecule has 0 bridgehead atoms. The molecule has 0 saturated heterocycles. The van der Waals surface area contributed by atoms with Crippen LogP contribution in [0.1, 0.15) is 111 Å². The summed E-state index contributed by atoms with van der Waals surface area (Å²) >= 11 is 0. The zero-order valence-corrected chi connectivity index (χ0v) is 17.1. The van der Waals surface area contributed by atoms with Gasteiger partial charge in [0.15, 0.2) is 0 Å². The summed E-state index contributed by atoms with van der Waals surface area (Å²) in [4.78, 5) is 0. The third-order valence-corrected chi connectivity index (χ3v) is 4.87. The van der Waals surface area contributed by atoms with Gasteiger partial charge in [-0.2, -0.15) is 0 Å². The summed E-state index contributed by atoms with van der Waals surface area (Å²) in [6.45, 7) is 6.17. The van der Waals surface area contributed by atoms with Gasteiger partial charge in [-0.25, -0.2) is 0 Å². The minimum atomic E-state index is -0.498. The Labute approximate surface area is 156 Å². The van der Waals surface area contributed by atoms with E-state index in [1.807, 2.05) is 0 Å². The molecular weight excluding hydrogens is 314 g/mol. The van der Waals surface area contributed by atoms with E-state index in [4.69, 9.17) is 0 Å². The summed E-state index contributed by atoms with van der Waals surface area (Å²) in [5, 5.41) is 32.3. The number of hydroxylamine groups is 2. The van der Waals surface area contributed by atoms with Gasteiger partial charge in [0.05, 0.1) is 12.2 Å². The van der Waals surface area contributed by atoms with Crippen molar-refractivity contribution in [2.75, 3.05) is 6.54 Å². The zero-order chi connectivity index (χ0) is 18.9. The molecule has 0 aromatic carbocycles. The van der Waals surface area contributed by atoms with Crippen LogP contribution in [0.2, 0.25) is 0 Å². The topological polar surface area (TPSA) is 66.8 Å². The van der Waals surface area contributed by atoms with Crippen molar-refractivity contribution in [3.8, 4) is 0 Å². The highest BCUT2D eigenvalue weighted by Gasteiger charge is 2.15. The summed E-state index contributed by atoms with van der Waals surface area (Å²) in [5.74, 6) is 0. The maximum absolute atomic E-state index is 12.2. The smallest absolute Gasteiger partial charge is 0.0526 e. The molecule has 0 heterocycles. The highest BCUT2D eigenvalue weighted by atomic mass is 16.5. The van der Waals surface area contributed by atoms with E-state index in [9.17, 15) is 15.4 Å². The van der Waals surface area contributed by atoms with Gasteiger partial charge in [0, 0.05) is 6.04 Å². The fraction of sp³-hybridized carbons (Fsp3) is 1.00. The molecule has 0 aliphatic rings. The Balaban J connectivity index is 3.55. The summed E-state index contributed by atoms with van der Waals surface area (Å²) < 4.78 is 0. The standard InChI is InChI=1S/C21H44NO3/c1-4-5-6-7-8-9-10-11-12-13-14-15-16-22(25)21(17-19(2)23)18-20(3)24/h19-21,23-24H,4-18H2,1-3H3/q-1. The normalized spacial score (nSPS) is 15.5. The number of rotatable bonds is 18. The number of unbranched alkanes of at least 4 members (excludes halogenated alkanes) is 11. The van der Waals surface area contributed by atoms with E-state index in [2.05, 4.69) is 6.92 Å². The fourth-order valence-corrected chi connectivity index (χ4v) is 3.41. The minimum absolute atomic E-state index is 0.271. The average molecular weight is 359 g/mol. The van der Waals surface area contributed by atoms with Gasteiger partial charge in [-0.15, -0.1) is 0 Å². The molecular formula is C21H44NO3-. The van der Waals surface area contributed by atoms with Crippen molar-refractivity contribution in [1.29, 1.82) is 0 Å². The van der Waals surface area contributed by atoms with Crippen LogP contribution in [-0.2, 0) is 0 Å². The molecule has 152 valence electrons. The van der Waals surface area contributed by atoms with Gasteiger partial charge in [0.1, 0.15) is 0 Å². The van der Waals surface area contributed by atoms with E-state index < -0.39 is 12.2 Å². The monoisotopic (exact) mass is 358 g/mol. The van der Waals surface area contributed by atoms with Crippen LogP contribution in [0.25, 0.3) is 0 Å². The summed E-state index contributed by atoms with van der Waals surface area (Å²) in [6, 6.07) is -0.271. The van der Waals surface area contributed by atoms with Crippen LogP contribution < -0.4 is 0 Å². The average Bonchev–Trinajstić information content (AvgIpc) is 2.54. The van der Waals surface area contributed by atoms with Gasteiger partial charge in [0.2, 0.25) is 0 Å². The number of hydrogen-bond acceptors (Lipinski definition) is 4. The molecule has 0 aromatic rings. The van der Waals surface area contributed by atoms with Gasteiger partial charge < -0.3 is 20.5 Å². The third kappa shape index (κ3) is 17.0. The molecule has 4 heteroatoms. The van der Waals surface area contributed by atoms with Crippen LogP contribution in [-0.4, -0.2) is 40.1 Å². The van der Waals surface area contributed by atoms with Crippen LogP contribution in [0.15, 0.2) is 0 Å². The molecule has 2 atom stereocenters. The SMILES string of the molecule is CCCCCCCCCCCCCCN([O-])C(CC(C)O)CC(C)O. The van der Waals surface area contributed by atoms with Crippen molar-refractivity contribution in [1.82, 2.24) is 5.06 Å². The summed E-state index contributed by atoms with van der Waals surface area (Å²) in [6.07, 6.45) is 15.3. The Bertz CT molecular complexity index is 262. The van der Waals surface area contributed by atoms with Crippen molar-refractivity contribution in [3.05, 3.63) is 5.21 Å². The van der Waals surface area contributed by atoms with Crippen molar-refractivity contribution in [2.45, 2.75) is 129 Å². The van der Waals surface area contributed by atoms with E-state index in [1.165, 1.54) is 64.2 Å². The first kappa shape index (κ1) is 24.8. The molecule has 2 N–H and O–H groups in total. The lowest BCUT2D eigenvalue weighted by Crippen LogP contribution is -2.36. The first-order chi connectivity index (χ1) is 12.0. The minimum Gasteiger partial charge on any atom is -0.785 e. The van der Waals surface area contributed by atoms with Crippen LogP contribution in [0.3, 0.4) is 0 Å². The molecule has 0 aliphatic heterocycles. The van der Waals surface area contributed by atoms with Gasteiger partial charge in [0.25, 0.3) is 0 Å². The Hall–Kier alpha value is -0.160. The Morgan fingerprint density at radius 3 is 1.40 bits per heavy atom. The molecule has 25 heavy (non-hydrogen) atoms. The molecule has 0 amide bonds. The number of aliphatic hydroxyl groups is 2. The van der Waals surface area contributed by atoms with E-state index in [0.29, 0.717) is 19.4 Å². The fourth-order valence-electron chi connectivity index (χ4n) is 3.41. The lowest BCUT2D eigenvalue weighted by atomic mass is 10.0. The highest BCUT2D eigenvalue weighted by Crippen LogP contribution is 2.15. The second-order valence-electron chi connectivity index (χ2n) is 7.85. The Kier molecular flexibility index (Phi) is 17.2.